The molecule has 3 rings (SSSR count). The van der Waals surface area contributed by atoms with Gasteiger partial charge in [0.05, 0.1) is 17.2 Å². The summed E-state index contributed by atoms with van der Waals surface area (Å²) in [6, 6.07) is 5.50. The van der Waals surface area contributed by atoms with Crippen LogP contribution in [0, 0.1) is 0 Å². The van der Waals surface area contributed by atoms with Crippen LogP contribution in [0.3, 0.4) is 0 Å². The highest BCUT2D eigenvalue weighted by atomic mass is 35.5. The van der Waals surface area contributed by atoms with Gasteiger partial charge in [-0.15, -0.1) is 0 Å². The zero-order valence-corrected chi connectivity index (χ0v) is 11.2. The molecule has 19 heavy (non-hydrogen) atoms. The van der Waals surface area contributed by atoms with Crippen LogP contribution in [0.1, 0.15) is 18.6 Å². The van der Waals surface area contributed by atoms with Crippen molar-refractivity contribution in [2.45, 2.75) is 19.9 Å². The Hall–Kier alpha value is -2.01. The quantitative estimate of drug-likeness (QED) is 0.798. The molecule has 1 aromatic carbocycles. The molecule has 0 fully saturated rings. The number of hydrogen-bond donors (Lipinski definition) is 1. The normalized spacial score (nSPS) is 11.3. The fourth-order valence-corrected chi connectivity index (χ4v) is 2.17. The Bertz CT molecular complexity index is 731. The topological polar surface area (TPSA) is 69.9 Å². The number of nitrogens with two attached hydrogens (primary N) is 1. The van der Waals surface area contributed by atoms with Gasteiger partial charge in [-0.05, 0) is 18.2 Å². The molecule has 5 nitrogen and oxygen atoms in total. The molecule has 0 radical (unpaired) electrons. The van der Waals surface area contributed by atoms with Gasteiger partial charge in [0.25, 0.3) is 0 Å². The predicted molar refractivity (Wildman–Crippen MR) is 74.1 cm³/mol. The molecule has 98 valence electrons. The van der Waals surface area contributed by atoms with E-state index in [-0.39, 0.29) is 0 Å². The summed E-state index contributed by atoms with van der Waals surface area (Å²) in [5.41, 5.74) is 7.62. The molecule has 3 aromatic rings. The first-order chi connectivity index (χ1) is 9.17. The van der Waals surface area contributed by atoms with Gasteiger partial charge in [-0.25, -0.2) is 9.97 Å². The predicted octanol–water partition coefficient (Wildman–Crippen LogP) is 2.87. The van der Waals surface area contributed by atoms with Crippen LogP contribution in [0.2, 0.25) is 5.02 Å². The molecular weight excluding hydrogens is 264 g/mol. The SMILES string of the molecule is CCc1cnc(Cn2c(N)nc3cc(Cl)ccc32)o1. The van der Waals surface area contributed by atoms with E-state index in [0.29, 0.717) is 23.4 Å². The standard InChI is InChI=1S/C13H13ClN4O/c1-2-9-6-16-12(19-9)7-18-11-4-3-8(14)5-10(11)17-13(18)15/h3-6H,2,7H2,1H3,(H2,15,17). The van der Waals surface area contributed by atoms with Gasteiger partial charge in [-0.2, -0.15) is 0 Å². The second-order valence-electron chi connectivity index (χ2n) is 4.26. The van der Waals surface area contributed by atoms with Crippen molar-refractivity contribution < 1.29 is 4.42 Å². The van der Waals surface area contributed by atoms with E-state index < -0.39 is 0 Å². The van der Waals surface area contributed by atoms with Gasteiger partial charge in [0, 0.05) is 11.4 Å². The van der Waals surface area contributed by atoms with Crippen molar-refractivity contribution in [1.82, 2.24) is 14.5 Å². The highest BCUT2D eigenvalue weighted by molar-refractivity contribution is 6.31. The van der Waals surface area contributed by atoms with Crippen LogP contribution in [0.4, 0.5) is 5.95 Å². The Morgan fingerprint density at radius 3 is 3.00 bits per heavy atom. The summed E-state index contributed by atoms with van der Waals surface area (Å²) in [5, 5.41) is 0.640. The van der Waals surface area contributed by atoms with Crippen LogP contribution in [-0.2, 0) is 13.0 Å². The zero-order chi connectivity index (χ0) is 13.4. The number of aryl methyl sites for hydroxylation is 1. The van der Waals surface area contributed by atoms with E-state index in [0.717, 1.165) is 23.2 Å². The highest BCUT2D eigenvalue weighted by Crippen LogP contribution is 2.22. The van der Waals surface area contributed by atoms with E-state index in [4.69, 9.17) is 21.8 Å². The van der Waals surface area contributed by atoms with Gasteiger partial charge >= 0.3 is 0 Å². The van der Waals surface area contributed by atoms with Crippen molar-refractivity contribution in [3.8, 4) is 0 Å². The number of imidazole rings is 1. The van der Waals surface area contributed by atoms with Gasteiger partial charge in [0.2, 0.25) is 11.8 Å². The van der Waals surface area contributed by atoms with Crippen LogP contribution in [0.15, 0.2) is 28.8 Å². The average Bonchev–Trinajstić information content (AvgIpc) is 2.95. The summed E-state index contributed by atoms with van der Waals surface area (Å²) in [6.45, 7) is 2.48. The number of benzene rings is 1. The second kappa shape index (κ2) is 4.59. The van der Waals surface area contributed by atoms with Crippen molar-refractivity contribution in [1.29, 1.82) is 0 Å². The van der Waals surface area contributed by atoms with Gasteiger partial charge in [0.1, 0.15) is 12.3 Å². The second-order valence-corrected chi connectivity index (χ2v) is 4.70. The molecule has 0 saturated heterocycles. The minimum Gasteiger partial charge on any atom is -0.444 e. The first-order valence-electron chi connectivity index (χ1n) is 6.02. The molecule has 0 saturated carbocycles. The lowest BCUT2D eigenvalue weighted by molar-refractivity contribution is 0.449. The number of aromatic nitrogens is 3. The molecule has 0 atom stereocenters. The molecule has 0 aliphatic rings. The van der Waals surface area contributed by atoms with E-state index in [9.17, 15) is 0 Å². The largest absolute Gasteiger partial charge is 0.444 e. The minimum atomic E-state index is 0.425. The average molecular weight is 277 g/mol. The molecule has 0 aliphatic carbocycles. The molecule has 6 heteroatoms. The highest BCUT2D eigenvalue weighted by Gasteiger charge is 2.11. The molecule has 0 bridgehead atoms. The summed E-state index contributed by atoms with van der Waals surface area (Å²) < 4.78 is 7.45. The van der Waals surface area contributed by atoms with Crippen molar-refractivity contribution >= 4 is 28.6 Å². The van der Waals surface area contributed by atoms with E-state index in [2.05, 4.69) is 9.97 Å². The molecule has 0 aliphatic heterocycles. The van der Waals surface area contributed by atoms with Gasteiger partial charge < -0.3 is 14.7 Å². The smallest absolute Gasteiger partial charge is 0.214 e. The number of nitrogen functional groups attached to an aromatic ring is 1. The van der Waals surface area contributed by atoms with Gasteiger partial charge in [0.15, 0.2) is 0 Å². The Morgan fingerprint density at radius 2 is 2.26 bits per heavy atom. The first-order valence-corrected chi connectivity index (χ1v) is 6.40. The Kier molecular flexibility index (Phi) is 2.91. The fraction of sp³-hybridized carbons (Fsp3) is 0.231. The molecule has 2 aromatic heterocycles. The molecule has 0 unspecified atom stereocenters. The van der Waals surface area contributed by atoms with Crippen molar-refractivity contribution in [2.75, 3.05) is 5.73 Å². The maximum absolute atomic E-state index is 5.94. The molecule has 2 heterocycles. The number of anilines is 1. The number of rotatable bonds is 3. The molecule has 2 N–H and O–H groups in total. The van der Waals surface area contributed by atoms with Crippen LogP contribution in [0.25, 0.3) is 11.0 Å². The number of hydrogen-bond acceptors (Lipinski definition) is 4. The molecule has 0 spiro atoms. The summed E-state index contributed by atoms with van der Waals surface area (Å²) >= 11 is 5.94. The van der Waals surface area contributed by atoms with E-state index in [1.54, 1.807) is 12.3 Å². The maximum Gasteiger partial charge on any atom is 0.214 e. The van der Waals surface area contributed by atoms with Crippen molar-refractivity contribution in [3.05, 3.63) is 41.1 Å². The number of halogens is 1. The Morgan fingerprint density at radius 1 is 1.42 bits per heavy atom. The summed E-state index contributed by atoms with van der Waals surface area (Å²) in [4.78, 5) is 8.51. The maximum atomic E-state index is 5.94. The van der Waals surface area contributed by atoms with Crippen LogP contribution in [-0.4, -0.2) is 14.5 Å². The summed E-state index contributed by atoms with van der Waals surface area (Å²) in [7, 11) is 0. The lowest BCUT2D eigenvalue weighted by Gasteiger charge is -2.03. The van der Waals surface area contributed by atoms with E-state index in [1.807, 2.05) is 23.6 Å². The lowest BCUT2D eigenvalue weighted by atomic mass is 10.3. The third kappa shape index (κ3) is 2.17. The van der Waals surface area contributed by atoms with Crippen LogP contribution in [0.5, 0.6) is 0 Å². The number of nitrogens with zero attached hydrogens (tertiary/aromatic N) is 3. The van der Waals surface area contributed by atoms with E-state index in [1.165, 1.54) is 0 Å². The number of fused-ring (bicyclic) bond motifs is 1. The van der Waals surface area contributed by atoms with Crippen LogP contribution < -0.4 is 5.73 Å². The lowest BCUT2D eigenvalue weighted by Crippen LogP contribution is -2.04. The third-order valence-corrected chi connectivity index (χ3v) is 3.22. The van der Waals surface area contributed by atoms with Gasteiger partial charge in [-0.3, -0.25) is 0 Å². The number of oxazole rings is 1. The summed E-state index contributed by atoms with van der Waals surface area (Å²) in [6.07, 6.45) is 2.56. The third-order valence-electron chi connectivity index (χ3n) is 2.98. The van der Waals surface area contributed by atoms with Gasteiger partial charge in [-0.1, -0.05) is 18.5 Å². The zero-order valence-electron chi connectivity index (χ0n) is 10.4. The van der Waals surface area contributed by atoms with Crippen molar-refractivity contribution in [2.24, 2.45) is 0 Å². The fourth-order valence-electron chi connectivity index (χ4n) is 2.01. The van der Waals surface area contributed by atoms with Crippen molar-refractivity contribution in [3.63, 3.8) is 0 Å². The first kappa shape index (κ1) is 12.0. The van der Waals surface area contributed by atoms with E-state index >= 15 is 0 Å². The van der Waals surface area contributed by atoms with Crippen LogP contribution >= 0.6 is 11.6 Å². The molecular formula is C13H13ClN4O. The monoisotopic (exact) mass is 276 g/mol. The Balaban J connectivity index is 2.02. The molecule has 0 amide bonds. The summed E-state index contributed by atoms with van der Waals surface area (Å²) in [5.74, 6) is 1.91. The minimum absolute atomic E-state index is 0.425. The Labute approximate surface area is 115 Å².